The number of aromatic nitrogens is 3. The summed E-state index contributed by atoms with van der Waals surface area (Å²) < 4.78 is 38.6. The van der Waals surface area contributed by atoms with Gasteiger partial charge >= 0.3 is 0 Å². The van der Waals surface area contributed by atoms with Crippen molar-refractivity contribution in [2.45, 2.75) is 4.90 Å². The lowest BCUT2D eigenvalue weighted by Crippen LogP contribution is -2.29. The number of sulfone groups is 1. The first-order chi connectivity index (χ1) is 11.5. The van der Waals surface area contributed by atoms with Crippen molar-refractivity contribution in [2.24, 2.45) is 0 Å². The van der Waals surface area contributed by atoms with Gasteiger partial charge in [-0.25, -0.2) is 22.3 Å². The van der Waals surface area contributed by atoms with Gasteiger partial charge in [0.25, 0.3) is 5.91 Å². The lowest BCUT2D eigenvalue weighted by atomic mass is 10.2. The molecule has 0 aliphatic rings. The van der Waals surface area contributed by atoms with Gasteiger partial charge in [-0.05, 0) is 36.4 Å². The van der Waals surface area contributed by atoms with Gasteiger partial charge in [-0.2, -0.15) is 5.10 Å². The van der Waals surface area contributed by atoms with Crippen molar-refractivity contribution in [1.29, 1.82) is 0 Å². The summed E-state index contributed by atoms with van der Waals surface area (Å²) in [6, 6.07) is 7.68. The van der Waals surface area contributed by atoms with Gasteiger partial charge in [-0.1, -0.05) is 0 Å². The van der Waals surface area contributed by atoms with Crippen LogP contribution in [0.4, 0.5) is 4.39 Å². The molecule has 1 N–H and O–H groups in total. The number of halogens is 1. The second kappa shape index (κ2) is 6.36. The summed E-state index contributed by atoms with van der Waals surface area (Å²) >= 11 is 0. The molecule has 124 valence electrons. The molecule has 3 rings (SSSR count). The summed E-state index contributed by atoms with van der Waals surface area (Å²) in [4.78, 5) is 16.1. The molecule has 9 heteroatoms. The molecule has 0 atom stereocenters. The van der Waals surface area contributed by atoms with Crippen molar-refractivity contribution in [2.75, 3.05) is 12.3 Å². The van der Waals surface area contributed by atoms with E-state index < -0.39 is 21.6 Å². The van der Waals surface area contributed by atoms with E-state index in [0.29, 0.717) is 11.2 Å². The van der Waals surface area contributed by atoms with E-state index in [-0.39, 0.29) is 17.2 Å². The van der Waals surface area contributed by atoms with Crippen LogP contribution in [0.2, 0.25) is 0 Å². The Labute approximate surface area is 137 Å². The van der Waals surface area contributed by atoms with Crippen LogP contribution in [0.25, 0.3) is 5.65 Å². The number of carbonyl (C=O) groups excluding carboxylic acids is 1. The number of rotatable bonds is 5. The van der Waals surface area contributed by atoms with Crippen molar-refractivity contribution >= 4 is 21.4 Å². The van der Waals surface area contributed by atoms with E-state index in [2.05, 4.69) is 15.4 Å². The molecule has 0 bridgehead atoms. The van der Waals surface area contributed by atoms with Crippen LogP contribution in [0.3, 0.4) is 0 Å². The molecule has 0 saturated heterocycles. The highest BCUT2D eigenvalue weighted by molar-refractivity contribution is 7.91. The van der Waals surface area contributed by atoms with Gasteiger partial charge in [0.1, 0.15) is 12.1 Å². The van der Waals surface area contributed by atoms with Crippen LogP contribution in [0.5, 0.6) is 0 Å². The maximum absolute atomic E-state index is 12.8. The Hall–Kier alpha value is -2.81. The van der Waals surface area contributed by atoms with Gasteiger partial charge in [0.15, 0.2) is 15.5 Å². The van der Waals surface area contributed by atoms with E-state index in [4.69, 9.17) is 0 Å². The molecule has 0 unspecified atom stereocenters. The first-order valence-corrected chi connectivity index (χ1v) is 8.67. The van der Waals surface area contributed by atoms with Crippen LogP contribution < -0.4 is 5.32 Å². The van der Waals surface area contributed by atoms with Gasteiger partial charge in [-0.15, -0.1) is 0 Å². The number of benzene rings is 1. The number of hydrogen-bond acceptors (Lipinski definition) is 5. The standard InChI is InChI=1S/C15H13FN4O3S/c16-12-1-3-13(4-2-12)24(22,23)8-6-17-15(21)11-5-7-20-14(9-11)18-10-19-20/h1-5,7,9-10H,6,8H2,(H,17,21). The minimum Gasteiger partial charge on any atom is -0.351 e. The lowest BCUT2D eigenvalue weighted by Gasteiger charge is -2.07. The minimum atomic E-state index is -3.59. The smallest absolute Gasteiger partial charge is 0.251 e. The first kappa shape index (κ1) is 16.1. The Balaban J connectivity index is 1.62. The van der Waals surface area contributed by atoms with Crippen LogP contribution in [0.15, 0.2) is 53.8 Å². The molecular weight excluding hydrogens is 335 g/mol. The minimum absolute atomic E-state index is 0.0167. The molecule has 1 amide bonds. The number of hydrogen-bond donors (Lipinski definition) is 1. The number of nitrogens with zero attached hydrogens (tertiary/aromatic N) is 3. The van der Waals surface area contributed by atoms with E-state index in [1.807, 2.05) is 0 Å². The van der Waals surface area contributed by atoms with Crippen molar-refractivity contribution in [3.63, 3.8) is 0 Å². The zero-order valence-electron chi connectivity index (χ0n) is 12.4. The lowest BCUT2D eigenvalue weighted by molar-refractivity contribution is 0.0956. The summed E-state index contributed by atoms with van der Waals surface area (Å²) in [6.45, 7) is -0.0591. The molecule has 0 spiro atoms. The third kappa shape index (κ3) is 3.40. The number of nitrogens with one attached hydrogen (secondary N) is 1. The van der Waals surface area contributed by atoms with Gasteiger partial charge < -0.3 is 5.32 Å². The van der Waals surface area contributed by atoms with Gasteiger partial charge in [0.05, 0.1) is 10.6 Å². The van der Waals surface area contributed by atoms with Crippen LogP contribution in [-0.2, 0) is 9.84 Å². The number of pyridine rings is 1. The van der Waals surface area contributed by atoms with E-state index in [1.165, 1.54) is 23.0 Å². The summed E-state index contributed by atoms with van der Waals surface area (Å²) in [7, 11) is -3.59. The summed E-state index contributed by atoms with van der Waals surface area (Å²) in [6.07, 6.45) is 2.96. The fourth-order valence-corrected chi connectivity index (χ4v) is 3.27. The van der Waals surface area contributed by atoms with Gasteiger partial charge in [-0.3, -0.25) is 4.79 Å². The second-order valence-corrected chi connectivity index (χ2v) is 7.12. The van der Waals surface area contributed by atoms with E-state index >= 15 is 0 Å². The van der Waals surface area contributed by atoms with E-state index in [0.717, 1.165) is 12.1 Å². The maximum Gasteiger partial charge on any atom is 0.251 e. The molecule has 0 aliphatic heterocycles. The molecule has 24 heavy (non-hydrogen) atoms. The molecule has 2 heterocycles. The number of carbonyl (C=O) groups is 1. The summed E-state index contributed by atoms with van der Waals surface area (Å²) in [5.41, 5.74) is 0.872. The fraction of sp³-hybridized carbons (Fsp3) is 0.133. The highest BCUT2D eigenvalue weighted by atomic mass is 32.2. The molecule has 0 aliphatic carbocycles. The molecule has 0 fully saturated rings. The predicted molar refractivity (Wildman–Crippen MR) is 83.8 cm³/mol. The van der Waals surface area contributed by atoms with Crippen LogP contribution in [0, 0.1) is 5.82 Å². The molecule has 2 aromatic heterocycles. The Kier molecular flexibility index (Phi) is 4.26. The third-order valence-electron chi connectivity index (χ3n) is 3.37. The van der Waals surface area contributed by atoms with Gasteiger partial charge in [0.2, 0.25) is 0 Å². The number of fused-ring (bicyclic) bond motifs is 1. The Morgan fingerprint density at radius 3 is 2.71 bits per heavy atom. The Morgan fingerprint density at radius 2 is 1.96 bits per heavy atom. The van der Waals surface area contributed by atoms with Crippen LogP contribution in [-0.4, -0.2) is 41.2 Å². The Morgan fingerprint density at radius 1 is 1.21 bits per heavy atom. The third-order valence-corrected chi connectivity index (χ3v) is 5.10. The van der Waals surface area contributed by atoms with Crippen molar-refractivity contribution < 1.29 is 17.6 Å². The topological polar surface area (TPSA) is 93.4 Å². The Bertz CT molecular complexity index is 983. The average molecular weight is 348 g/mol. The molecule has 7 nitrogen and oxygen atoms in total. The maximum atomic E-state index is 12.8. The molecule has 3 aromatic rings. The van der Waals surface area contributed by atoms with Crippen LogP contribution >= 0.6 is 0 Å². The second-order valence-electron chi connectivity index (χ2n) is 5.01. The zero-order valence-corrected chi connectivity index (χ0v) is 13.2. The average Bonchev–Trinajstić information content (AvgIpc) is 3.02. The highest BCUT2D eigenvalue weighted by Gasteiger charge is 2.15. The van der Waals surface area contributed by atoms with Crippen molar-refractivity contribution in [3.05, 3.63) is 60.3 Å². The summed E-state index contributed by atoms with van der Waals surface area (Å²) in [5, 5.41) is 6.46. The largest absolute Gasteiger partial charge is 0.351 e. The SMILES string of the molecule is O=C(NCCS(=O)(=O)c1ccc(F)cc1)c1ccn2ncnc2c1. The van der Waals surface area contributed by atoms with Crippen molar-refractivity contribution in [3.8, 4) is 0 Å². The van der Waals surface area contributed by atoms with E-state index in [9.17, 15) is 17.6 Å². The van der Waals surface area contributed by atoms with Gasteiger partial charge in [0, 0.05) is 18.3 Å². The number of amides is 1. The zero-order chi connectivity index (χ0) is 17.2. The molecular formula is C15H13FN4O3S. The summed E-state index contributed by atoms with van der Waals surface area (Å²) in [5.74, 6) is -1.20. The first-order valence-electron chi connectivity index (χ1n) is 7.02. The normalized spacial score (nSPS) is 11.5. The molecule has 0 radical (unpaired) electrons. The molecule has 0 saturated carbocycles. The van der Waals surface area contributed by atoms with E-state index in [1.54, 1.807) is 18.3 Å². The molecule has 1 aromatic carbocycles. The quantitative estimate of drug-likeness (QED) is 0.696. The highest BCUT2D eigenvalue weighted by Crippen LogP contribution is 2.11. The predicted octanol–water partition coefficient (Wildman–Crippen LogP) is 1.07. The van der Waals surface area contributed by atoms with Crippen LogP contribution in [0.1, 0.15) is 10.4 Å². The van der Waals surface area contributed by atoms with Crippen molar-refractivity contribution in [1.82, 2.24) is 19.9 Å². The monoisotopic (exact) mass is 348 g/mol. The fourth-order valence-electron chi connectivity index (χ4n) is 2.12.